The van der Waals surface area contributed by atoms with Gasteiger partial charge in [0.25, 0.3) is 5.91 Å². The van der Waals surface area contributed by atoms with Gasteiger partial charge < -0.3 is 15.4 Å². The van der Waals surface area contributed by atoms with Gasteiger partial charge in [0.1, 0.15) is 5.82 Å². The average Bonchev–Trinajstić information content (AvgIpc) is 2.45. The Bertz CT molecular complexity index is 504. The molecule has 0 aromatic carbocycles. The molecule has 1 aliphatic heterocycles. The molecule has 5 heteroatoms. The quantitative estimate of drug-likeness (QED) is 0.915. The summed E-state index contributed by atoms with van der Waals surface area (Å²) in [6.07, 6.45) is 2.70. The summed E-state index contributed by atoms with van der Waals surface area (Å²) in [7, 11) is 1.70. The Hall–Kier alpha value is -1.62. The smallest absolute Gasteiger partial charge is 0.254 e. The summed E-state index contributed by atoms with van der Waals surface area (Å²) >= 11 is 0. The van der Waals surface area contributed by atoms with E-state index in [1.807, 2.05) is 24.8 Å². The Kier molecular flexibility index (Phi) is 4.28. The van der Waals surface area contributed by atoms with Crippen molar-refractivity contribution in [1.29, 1.82) is 0 Å². The van der Waals surface area contributed by atoms with E-state index >= 15 is 0 Å². The number of likely N-dealkylation sites (tertiary alicyclic amines) is 1. The molecule has 1 unspecified atom stereocenters. The number of hydrogen-bond donors (Lipinski definition) is 1. The van der Waals surface area contributed by atoms with Crippen LogP contribution in [0.1, 0.15) is 42.7 Å². The van der Waals surface area contributed by atoms with Crippen LogP contribution in [0, 0.1) is 0 Å². The molecule has 0 radical (unpaired) electrons. The number of aryl methyl sites for hydroxylation is 1. The lowest BCUT2D eigenvalue weighted by Crippen LogP contribution is -2.49. The number of nitrogens with zero attached hydrogens (tertiary/aromatic N) is 2. The summed E-state index contributed by atoms with van der Waals surface area (Å²) in [6.45, 7) is 5.43. The van der Waals surface area contributed by atoms with E-state index in [0.717, 1.165) is 31.5 Å². The maximum atomic E-state index is 12.6. The summed E-state index contributed by atoms with van der Waals surface area (Å²) < 4.78 is 5.53. The molecular formula is C15H23N3O2. The Morgan fingerprint density at radius 1 is 1.55 bits per heavy atom. The number of nitrogens with two attached hydrogens (primary N) is 1. The monoisotopic (exact) mass is 277 g/mol. The summed E-state index contributed by atoms with van der Waals surface area (Å²) in [4.78, 5) is 18.7. The fourth-order valence-electron chi connectivity index (χ4n) is 2.64. The highest BCUT2D eigenvalue weighted by atomic mass is 16.5. The first-order valence-electron chi connectivity index (χ1n) is 7.08. The Morgan fingerprint density at radius 3 is 2.95 bits per heavy atom. The highest BCUT2D eigenvalue weighted by Gasteiger charge is 2.33. The minimum atomic E-state index is -0.250. The van der Waals surface area contributed by atoms with Gasteiger partial charge in [0.05, 0.1) is 5.60 Å². The van der Waals surface area contributed by atoms with E-state index < -0.39 is 0 Å². The topological polar surface area (TPSA) is 68.5 Å². The molecule has 1 saturated heterocycles. The van der Waals surface area contributed by atoms with Crippen LogP contribution in [0.15, 0.2) is 12.1 Å². The summed E-state index contributed by atoms with van der Waals surface area (Å²) in [5, 5.41) is 0. The molecule has 1 atom stereocenters. The molecule has 1 amide bonds. The lowest BCUT2D eigenvalue weighted by molar-refractivity contribution is -0.0440. The van der Waals surface area contributed by atoms with Crippen LogP contribution in [0.5, 0.6) is 0 Å². The van der Waals surface area contributed by atoms with E-state index in [-0.39, 0.29) is 11.5 Å². The van der Waals surface area contributed by atoms with Gasteiger partial charge in [-0.3, -0.25) is 4.79 Å². The van der Waals surface area contributed by atoms with Gasteiger partial charge in [-0.15, -0.1) is 0 Å². The van der Waals surface area contributed by atoms with Crippen molar-refractivity contribution in [1.82, 2.24) is 9.88 Å². The van der Waals surface area contributed by atoms with Gasteiger partial charge in [-0.2, -0.15) is 0 Å². The molecule has 1 aliphatic rings. The zero-order valence-corrected chi connectivity index (χ0v) is 12.5. The highest BCUT2D eigenvalue weighted by Crippen LogP contribution is 2.25. The van der Waals surface area contributed by atoms with Crippen molar-refractivity contribution < 1.29 is 9.53 Å². The van der Waals surface area contributed by atoms with Gasteiger partial charge in [0.15, 0.2) is 0 Å². The number of piperidine rings is 1. The highest BCUT2D eigenvalue weighted by molar-refractivity contribution is 5.95. The maximum Gasteiger partial charge on any atom is 0.254 e. The van der Waals surface area contributed by atoms with E-state index in [9.17, 15) is 4.79 Å². The SMILES string of the molecule is CCc1cc(C(=O)N2CCCC(C)(OC)C2)cc(N)n1. The number of methoxy groups -OCH3 is 1. The number of nitrogen functional groups attached to an aromatic ring is 1. The number of carbonyl (C=O) groups excluding carboxylic acids is 1. The van der Waals surface area contributed by atoms with Gasteiger partial charge in [-0.1, -0.05) is 6.92 Å². The molecule has 2 rings (SSSR count). The van der Waals surface area contributed by atoms with Gasteiger partial charge in [0.2, 0.25) is 0 Å². The molecule has 0 saturated carbocycles. The molecular weight excluding hydrogens is 254 g/mol. The number of carbonyl (C=O) groups is 1. The number of anilines is 1. The van der Waals surface area contributed by atoms with Crippen molar-refractivity contribution in [2.24, 2.45) is 0 Å². The molecule has 0 aliphatic carbocycles. The van der Waals surface area contributed by atoms with Crippen LogP contribution in [-0.2, 0) is 11.2 Å². The minimum Gasteiger partial charge on any atom is -0.384 e. The first-order valence-corrected chi connectivity index (χ1v) is 7.08. The van der Waals surface area contributed by atoms with Crippen molar-refractivity contribution in [2.45, 2.75) is 38.7 Å². The third kappa shape index (κ3) is 3.10. The maximum absolute atomic E-state index is 12.6. The van der Waals surface area contributed by atoms with Crippen molar-refractivity contribution in [2.75, 3.05) is 25.9 Å². The molecule has 110 valence electrons. The summed E-state index contributed by atoms with van der Waals surface area (Å²) in [5.41, 5.74) is 6.99. The number of ether oxygens (including phenoxy) is 1. The predicted octanol–water partition coefficient (Wildman–Crippen LogP) is 1.87. The van der Waals surface area contributed by atoms with Crippen LogP contribution in [0.4, 0.5) is 5.82 Å². The number of pyridine rings is 1. The molecule has 2 N–H and O–H groups in total. The number of amides is 1. The second kappa shape index (κ2) is 5.79. The van der Waals surface area contributed by atoms with Crippen LogP contribution in [0.2, 0.25) is 0 Å². The van der Waals surface area contributed by atoms with E-state index in [1.165, 1.54) is 0 Å². The van der Waals surface area contributed by atoms with Crippen LogP contribution in [0.25, 0.3) is 0 Å². The van der Waals surface area contributed by atoms with Gasteiger partial charge in [-0.25, -0.2) is 4.98 Å². The first-order chi connectivity index (χ1) is 9.47. The molecule has 20 heavy (non-hydrogen) atoms. The molecule has 5 nitrogen and oxygen atoms in total. The first kappa shape index (κ1) is 14.8. The van der Waals surface area contributed by atoms with Crippen molar-refractivity contribution in [3.05, 3.63) is 23.4 Å². The third-order valence-electron chi connectivity index (χ3n) is 3.95. The van der Waals surface area contributed by atoms with Crippen molar-refractivity contribution in [3.63, 3.8) is 0 Å². The molecule has 0 bridgehead atoms. The average molecular weight is 277 g/mol. The van der Waals surface area contributed by atoms with E-state index in [1.54, 1.807) is 13.2 Å². The Balaban J connectivity index is 2.20. The zero-order valence-electron chi connectivity index (χ0n) is 12.5. The number of aromatic nitrogens is 1. The standard InChI is InChI=1S/C15H23N3O2/c1-4-12-8-11(9-13(16)17-12)14(19)18-7-5-6-15(2,10-18)20-3/h8-9H,4-7,10H2,1-3H3,(H2,16,17). The third-order valence-corrected chi connectivity index (χ3v) is 3.95. The van der Waals surface area contributed by atoms with E-state index in [4.69, 9.17) is 10.5 Å². The molecule has 2 heterocycles. The van der Waals surface area contributed by atoms with Crippen LogP contribution >= 0.6 is 0 Å². The predicted molar refractivity (Wildman–Crippen MR) is 78.6 cm³/mol. The minimum absolute atomic E-state index is 0.0109. The zero-order chi connectivity index (χ0) is 14.8. The lowest BCUT2D eigenvalue weighted by atomic mass is 9.94. The van der Waals surface area contributed by atoms with Gasteiger partial charge in [0, 0.05) is 31.5 Å². The summed E-state index contributed by atoms with van der Waals surface area (Å²) in [6, 6.07) is 3.48. The van der Waals surface area contributed by atoms with Gasteiger partial charge in [-0.05, 0) is 38.3 Å². The van der Waals surface area contributed by atoms with Crippen molar-refractivity contribution >= 4 is 11.7 Å². The van der Waals surface area contributed by atoms with Gasteiger partial charge >= 0.3 is 0 Å². The van der Waals surface area contributed by atoms with Crippen LogP contribution in [0.3, 0.4) is 0 Å². The Morgan fingerprint density at radius 2 is 2.30 bits per heavy atom. The molecule has 1 aromatic rings. The normalized spacial score (nSPS) is 22.9. The number of hydrogen-bond acceptors (Lipinski definition) is 4. The van der Waals surface area contributed by atoms with Crippen LogP contribution in [-0.4, -0.2) is 41.6 Å². The second-order valence-electron chi connectivity index (χ2n) is 5.61. The molecule has 1 aromatic heterocycles. The summed E-state index contributed by atoms with van der Waals surface area (Å²) in [5.74, 6) is 0.413. The van der Waals surface area contributed by atoms with E-state index in [2.05, 4.69) is 4.98 Å². The van der Waals surface area contributed by atoms with E-state index in [0.29, 0.717) is 17.9 Å². The Labute approximate surface area is 120 Å². The fraction of sp³-hybridized carbons (Fsp3) is 0.600. The second-order valence-corrected chi connectivity index (χ2v) is 5.61. The number of rotatable bonds is 3. The fourth-order valence-corrected chi connectivity index (χ4v) is 2.64. The largest absolute Gasteiger partial charge is 0.384 e. The molecule has 0 spiro atoms. The van der Waals surface area contributed by atoms with Crippen LogP contribution < -0.4 is 5.73 Å². The lowest BCUT2D eigenvalue weighted by Gasteiger charge is -2.39. The van der Waals surface area contributed by atoms with Crippen molar-refractivity contribution in [3.8, 4) is 0 Å². The molecule has 1 fully saturated rings.